The number of hydrogen-bond acceptors (Lipinski definition) is 6. The normalized spacial score (nSPS) is 12.5. The van der Waals surface area contributed by atoms with Crippen molar-refractivity contribution >= 4 is 17.9 Å². The molecule has 0 aromatic carbocycles. The van der Waals surface area contributed by atoms with Crippen LogP contribution in [0, 0.1) is 11.8 Å². The topological polar surface area (TPSA) is 78.9 Å². The predicted molar refractivity (Wildman–Crippen MR) is 261 cm³/mol. The van der Waals surface area contributed by atoms with Gasteiger partial charge >= 0.3 is 17.9 Å². The van der Waals surface area contributed by atoms with E-state index in [0.717, 1.165) is 69.6 Å². The Bertz CT molecular complexity index is 933. The highest BCUT2D eigenvalue weighted by atomic mass is 16.6. The number of carbonyl (C=O) groups is 3. The summed E-state index contributed by atoms with van der Waals surface area (Å²) in [5, 5.41) is 0. The summed E-state index contributed by atoms with van der Waals surface area (Å²) < 4.78 is 16.8. The zero-order valence-electron chi connectivity index (χ0n) is 41.8. The van der Waals surface area contributed by atoms with E-state index in [9.17, 15) is 14.4 Å². The van der Waals surface area contributed by atoms with Crippen molar-refractivity contribution in [3.63, 3.8) is 0 Å². The lowest BCUT2D eigenvalue weighted by molar-refractivity contribution is -0.167. The van der Waals surface area contributed by atoms with Crippen LogP contribution in [-0.4, -0.2) is 37.2 Å². The van der Waals surface area contributed by atoms with Gasteiger partial charge in [0.15, 0.2) is 6.10 Å². The van der Waals surface area contributed by atoms with Crippen molar-refractivity contribution in [1.29, 1.82) is 0 Å². The van der Waals surface area contributed by atoms with Crippen LogP contribution in [0.25, 0.3) is 0 Å². The molecule has 0 saturated carbocycles. The molecule has 0 aliphatic carbocycles. The Hall–Kier alpha value is -1.59. The van der Waals surface area contributed by atoms with Gasteiger partial charge in [-0.05, 0) is 31.1 Å². The number of esters is 3. The Morgan fingerprint density at radius 2 is 0.623 bits per heavy atom. The highest BCUT2D eigenvalue weighted by molar-refractivity contribution is 5.71. The molecule has 0 bridgehead atoms. The van der Waals surface area contributed by atoms with Crippen LogP contribution in [0.1, 0.15) is 304 Å². The number of unbranched alkanes of at least 4 members (excludes halogenated alkanes) is 33. The Kier molecular flexibility index (Phi) is 46.6. The molecule has 0 rings (SSSR count). The molecule has 0 saturated heterocycles. The molecule has 1 unspecified atom stereocenters. The molecule has 0 heterocycles. The number of hydrogen-bond donors (Lipinski definition) is 0. The summed E-state index contributed by atoms with van der Waals surface area (Å²) in [5.74, 6) is 0.826. The molecule has 0 N–H and O–H groups in total. The average Bonchev–Trinajstić information content (AvgIpc) is 3.24. The quantitative estimate of drug-likeness (QED) is 0.0344. The van der Waals surface area contributed by atoms with Crippen molar-refractivity contribution in [2.45, 2.75) is 310 Å². The number of rotatable bonds is 49. The third-order valence-electron chi connectivity index (χ3n) is 12.8. The van der Waals surface area contributed by atoms with E-state index in [0.29, 0.717) is 19.3 Å². The Morgan fingerprint density at radius 3 is 0.934 bits per heavy atom. The number of carbonyl (C=O) groups excluding carboxylic acids is 3. The van der Waals surface area contributed by atoms with Crippen LogP contribution in [0.15, 0.2) is 0 Å². The van der Waals surface area contributed by atoms with Crippen molar-refractivity contribution in [3.8, 4) is 0 Å². The summed E-state index contributed by atoms with van der Waals surface area (Å²) in [7, 11) is 0. The summed E-state index contributed by atoms with van der Waals surface area (Å²) in [6.07, 6.45) is 49.5. The van der Waals surface area contributed by atoms with Crippen LogP contribution >= 0.6 is 0 Å². The fraction of sp³-hybridized carbons (Fsp3) is 0.945. The molecule has 6 heteroatoms. The SMILES string of the molecule is CCCCCCCCCCCCCCCCCC(=O)OC[C@H](COC(=O)CCCCCCCCCCCCCCCCC(C)CC)OC(=O)CCCCCCCCCC(C)C. The third kappa shape index (κ3) is 47.7. The molecule has 0 aliphatic heterocycles. The van der Waals surface area contributed by atoms with Crippen molar-refractivity contribution in [3.05, 3.63) is 0 Å². The van der Waals surface area contributed by atoms with E-state index in [2.05, 4.69) is 34.6 Å². The lowest BCUT2D eigenvalue weighted by Crippen LogP contribution is -2.30. The van der Waals surface area contributed by atoms with Crippen LogP contribution in [0.5, 0.6) is 0 Å². The van der Waals surface area contributed by atoms with Gasteiger partial charge in [-0.15, -0.1) is 0 Å². The van der Waals surface area contributed by atoms with Crippen molar-refractivity contribution < 1.29 is 28.6 Å². The minimum absolute atomic E-state index is 0.0640. The molecule has 0 aliphatic rings. The Labute approximate surface area is 380 Å². The van der Waals surface area contributed by atoms with Gasteiger partial charge in [-0.2, -0.15) is 0 Å². The summed E-state index contributed by atoms with van der Waals surface area (Å²) >= 11 is 0. The molecule has 61 heavy (non-hydrogen) atoms. The molecule has 0 radical (unpaired) electrons. The van der Waals surface area contributed by atoms with Crippen LogP contribution in [0.3, 0.4) is 0 Å². The van der Waals surface area contributed by atoms with Crippen LogP contribution in [0.4, 0.5) is 0 Å². The molecule has 0 fully saturated rings. The first-order valence-electron chi connectivity index (χ1n) is 27.3. The minimum Gasteiger partial charge on any atom is -0.462 e. The standard InChI is InChI=1S/C55H106O6/c1-6-8-9-10-11-12-13-14-15-19-22-25-30-35-40-45-53(56)59-48-52(61-55(58)47-42-37-32-27-28-33-38-43-50(3)4)49-60-54(57)46-41-36-31-26-23-20-17-16-18-21-24-29-34-39-44-51(5)7-2/h50-52H,6-49H2,1-5H3/t51?,52-/m1/s1. The first kappa shape index (κ1) is 59.4. The molecule has 0 amide bonds. The second-order valence-electron chi connectivity index (χ2n) is 19.6. The van der Waals surface area contributed by atoms with E-state index in [4.69, 9.17) is 14.2 Å². The second kappa shape index (κ2) is 47.9. The lowest BCUT2D eigenvalue weighted by Gasteiger charge is -2.18. The van der Waals surface area contributed by atoms with Gasteiger partial charge in [0.1, 0.15) is 13.2 Å². The third-order valence-corrected chi connectivity index (χ3v) is 12.8. The van der Waals surface area contributed by atoms with E-state index in [1.807, 2.05) is 0 Å². The fourth-order valence-corrected chi connectivity index (χ4v) is 8.31. The lowest BCUT2D eigenvalue weighted by atomic mass is 9.99. The maximum absolute atomic E-state index is 12.8. The molecular formula is C55H106O6. The largest absolute Gasteiger partial charge is 0.462 e. The first-order chi connectivity index (χ1) is 29.8. The number of ether oxygens (including phenoxy) is 3. The van der Waals surface area contributed by atoms with Crippen LogP contribution in [-0.2, 0) is 28.6 Å². The van der Waals surface area contributed by atoms with Gasteiger partial charge in [-0.1, -0.05) is 266 Å². The van der Waals surface area contributed by atoms with E-state index >= 15 is 0 Å². The molecule has 0 aromatic heterocycles. The van der Waals surface area contributed by atoms with Crippen molar-refractivity contribution in [2.24, 2.45) is 11.8 Å². The molecule has 2 atom stereocenters. The van der Waals surface area contributed by atoms with Gasteiger partial charge in [0.25, 0.3) is 0 Å². The summed E-state index contributed by atoms with van der Waals surface area (Å²) in [6.45, 7) is 11.4. The smallest absolute Gasteiger partial charge is 0.306 e. The molecule has 0 aromatic rings. The highest BCUT2D eigenvalue weighted by Gasteiger charge is 2.19. The molecule has 6 nitrogen and oxygen atoms in total. The highest BCUT2D eigenvalue weighted by Crippen LogP contribution is 2.18. The van der Waals surface area contributed by atoms with Gasteiger partial charge in [0, 0.05) is 19.3 Å². The second-order valence-corrected chi connectivity index (χ2v) is 19.6. The van der Waals surface area contributed by atoms with Gasteiger partial charge < -0.3 is 14.2 Å². The minimum atomic E-state index is -0.762. The summed E-state index contributed by atoms with van der Waals surface area (Å²) in [4.78, 5) is 38.0. The first-order valence-corrected chi connectivity index (χ1v) is 27.3. The Morgan fingerprint density at radius 1 is 0.344 bits per heavy atom. The maximum atomic E-state index is 12.8. The molecule has 0 spiro atoms. The van der Waals surface area contributed by atoms with Crippen LogP contribution < -0.4 is 0 Å². The van der Waals surface area contributed by atoms with Crippen molar-refractivity contribution in [2.75, 3.05) is 13.2 Å². The van der Waals surface area contributed by atoms with Gasteiger partial charge in [-0.25, -0.2) is 0 Å². The molecular weight excluding hydrogens is 757 g/mol. The van der Waals surface area contributed by atoms with Gasteiger partial charge in [-0.3, -0.25) is 14.4 Å². The predicted octanol–water partition coefficient (Wildman–Crippen LogP) is 17.7. The van der Waals surface area contributed by atoms with E-state index in [1.165, 1.54) is 193 Å². The fourth-order valence-electron chi connectivity index (χ4n) is 8.31. The van der Waals surface area contributed by atoms with Gasteiger partial charge in [0.05, 0.1) is 0 Å². The van der Waals surface area contributed by atoms with E-state index in [1.54, 1.807) is 0 Å². The zero-order valence-corrected chi connectivity index (χ0v) is 41.8. The zero-order chi connectivity index (χ0) is 44.7. The monoisotopic (exact) mass is 863 g/mol. The maximum Gasteiger partial charge on any atom is 0.306 e. The average molecular weight is 863 g/mol. The summed E-state index contributed by atoms with van der Waals surface area (Å²) in [6, 6.07) is 0. The van der Waals surface area contributed by atoms with Crippen LogP contribution in [0.2, 0.25) is 0 Å². The van der Waals surface area contributed by atoms with Crippen molar-refractivity contribution in [1.82, 2.24) is 0 Å². The summed E-state index contributed by atoms with van der Waals surface area (Å²) in [5.41, 5.74) is 0. The van der Waals surface area contributed by atoms with E-state index < -0.39 is 6.10 Å². The van der Waals surface area contributed by atoms with Gasteiger partial charge in [0.2, 0.25) is 0 Å². The van der Waals surface area contributed by atoms with E-state index in [-0.39, 0.29) is 31.1 Å². The molecule has 362 valence electrons. The Balaban J connectivity index is 4.24.